The third kappa shape index (κ3) is 146. The molecular weight excluding hydrogens is 729 g/mol. The summed E-state index contributed by atoms with van der Waals surface area (Å²) in [6, 6.07) is 0. The highest BCUT2D eigenvalue weighted by Gasteiger charge is 2.13. The molecule has 0 aliphatic carbocycles. The number of unbranched alkanes of at least 4 members (excludes halogenated alkanes) is 27. The Bertz CT molecular complexity index is 403. The molecule has 2 nitrogen and oxygen atoms in total. The van der Waals surface area contributed by atoms with E-state index in [-0.39, 0.29) is 5.92 Å². The molecule has 0 aromatic heterocycles. The number of carbonyl (C=O) groups is 1. The van der Waals surface area contributed by atoms with E-state index in [1.54, 1.807) is 0 Å². The molecule has 0 rings (SSSR count). The third-order valence-corrected chi connectivity index (χ3v) is 9.91. The molecule has 0 saturated heterocycles. The van der Waals surface area contributed by atoms with Gasteiger partial charge in [0.2, 0.25) is 0 Å². The molecule has 0 heterocycles. The summed E-state index contributed by atoms with van der Waals surface area (Å²) in [5.41, 5.74) is 0. The van der Waals surface area contributed by atoms with Crippen molar-refractivity contribution in [3.8, 4) is 0 Å². The number of hydrogen-bond acceptors (Lipinski definition) is 1. The van der Waals surface area contributed by atoms with Gasteiger partial charge in [0.15, 0.2) is 0 Å². The number of carboxylic acid groups (broad SMARTS) is 1. The number of carboxylic acids is 1. The Morgan fingerprint density at radius 1 is 0.250 bits per heavy atom. The van der Waals surface area contributed by atoms with E-state index in [1.165, 1.54) is 225 Å². The first-order chi connectivity index (χ1) is 29.0. The molecule has 0 aromatic rings. The van der Waals surface area contributed by atoms with E-state index in [9.17, 15) is 4.79 Å². The van der Waals surface area contributed by atoms with Crippen LogP contribution in [0.25, 0.3) is 0 Å². The van der Waals surface area contributed by atoms with E-state index in [2.05, 4.69) is 118 Å². The maximum atomic E-state index is 10.6. The summed E-state index contributed by atoms with van der Waals surface area (Å²) in [4.78, 5) is 10.6. The fraction of sp³-hybridized carbons (Fsp3) is 0.983. The SMILES string of the molecule is CCCCCC.CCCCCC.CCCCCC.CCCCCC.CCCCCC.CCCCCC.CCCCCC.CCCCCC.CCCCCCC(CC)C(=O)O. The molecule has 0 radical (unpaired) electrons. The average Bonchev–Trinajstić information content (AvgIpc) is 3.27. The van der Waals surface area contributed by atoms with Crippen LogP contribution in [0.5, 0.6) is 0 Å². The van der Waals surface area contributed by atoms with Crippen LogP contribution in [0, 0.1) is 5.92 Å². The second-order valence-electron chi connectivity index (χ2n) is 16.9. The van der Waals surface area contributed by atoms with Gasteiger partial charge in [-0.3, -0.25) is 4.79 Å². The minimum Gasteiger partial charge on any atom is -0.481 e. The molecule has 0 aliphatic heterocycles. The Labute approximate surface area is 389 Å². The van der Waals surface area contributed by atoms with Crippen molar-refractivity contribution in [2.45, 2.75) is 369 Å². The minimum absolute atomic E-state index is 0.109. The first kappa shape index (κ1) is 79.8. The predicted molar refractivity (Wildman–Crippen MR) is 289 cm³/mol. The van der Waals surface area contributed by atoms with Gasteiger partial charge in [0.25, 0.3) is 0 Å². The lowest BCUT2D eigenvalue weighted by atomic mass is 9.99. The summed E-state index contributed by atoms with van der Waals surface area (Å²) >= 11 is 0. The van der Waals surface area contributed by atoms with Gasteiger partial charge in [0, 0.05) is 0 Å². The monoisotopic (exact) mass is 861 g/mol. The van der Waals surface area contributed by atoms with Crippen LogP contribution in [0.2, 0.25) is 0 Å². The average molecular weight is 862 g/mol. The Balaban J connectivity index is -0.0000000707. The minimum atomic E-state index is -0.631. The van der Waals surface area contributed by atoms with E-state index in [4.69, 9.17) is 5.11 Å². The van der Waals surface area contributed by atoms with E-state index in [0.29, 0.717) is 0 Å². The molecule has 60 heavy (non-hydrogen) atoms. The van der Waals surface area contributed by atoms with Crippen LogP contribution in [-0.4, -0.2) is 11.1 Å². The van der Waals surface area contributed by atoms with Crippen LogP contribution >= 0.6 is 0 Å². The van der Waals surface area contributed by atoms with E-state index in [1.807, 2.05) is 6.92 Å². The molecule has 0 aromatic carbocycles. The zero-order valence-electron chi connectivity index (χ0n) is 46.8. The smallest absolute Gasteiger partial charge is 0.306 e. The van der Waals surface area contributed by atoms with Gasteiger partial charge in [-0.15, -0.1) is 0 Å². The first-order valence-corrected chi connectivity index (χ1v) is 28.3. The molecule has 376 valence electrons. The number of aliphatic carboxylic acids is 1. The maximum Gasteiger partial charge on any atom is 0.306 e. The molecule has 1 N–H and O–H groups in total. The van der Waals surface area contributed by atoms with Gasteiger partial charge >= 0.3 is 5.97 Å². The van der Waals surface area contributed by atoms with Crippen molar-refractivity contribution in [2.75, 3.05) is 0 Å². The Morgan fingerprint density at radius 3 is 0.483 bits per heavy atom. The molecule has 1 unspecified atom stereocenters. The molecule has 2 heteroatoms. The van der Waals surface area contributed by atoms with E-state index >= 15 is 0 Å². The normalized spacial score (nSPS) is 9.77. The third-order valence-electron chi connectivity index (χ3n) is 9.91. The van der Waals surface area contributed by atoms with Gasteiger partial charge in [-0.1, -0.05) is 356 Å². The van der Waals surface area contributed by atoms with Gasteiger partial charge in [-0.05, 0) is 12.8 Å². The Morgan fingerprint density at radius 2 is 0.383 bits per heavy atom. The van der Waals surface area contributed by atoms with Crippen LogP contribution in [0.4, 0.5) is 0 Å². The summed E-state index contributed by atoms with van der Waals surface area (Å²) in [6.45, 7) is 39.8. The summed E-state index contributed by atoms with van der Waals surface area (Å²) < 4.78 is 0. The summed E-state index contributed by atoms with van der Waals surface area (Å²) in [5.74, 6) is -0.740. The highest BCUT2D eigenvalue weighted by atomic mass is 16.4. The fourth-order valence-electron chi connectivity index (χ4n) is 5.32. The second kappa shape index (κ2) is 102. The largest absolute Gasteiger partial charge is 0.481 e. The molecular formula is C58H132O2. The highest BCUT2D eigenvalue weighted by molar-refractivity contribution is 5.69. The lowest BCUT2D eigenvalue weighted by molar-refractivity contribution is -0.142. The van der Waals surface area contributed by atoms with Gasteiger partial charge in [0.1, 0.15) is 0 Å². The van der Waals surface area contributed by atoms with Gasteiger partial charge < -0.3 is 5.11 Å². The lowest BCUT2D eigenvalue weighted by Crippen LogP contribution is -2.12. The van der Waals surface area contributed by atoms with Crippen molar-refractivity contribution < 1.29 is 9.90 Å². The molecule has 0 fully saturated rings. The van der Waals surface area contributed by atoms with Crippen LogP contribution in [0.1, 0.15) is 369 Å². The van der Waals surface area contributed by atoms with Crippen molar-refractivity contribution >= 4 is 5.97 Å². The molecule has 1 atom stereocenters. The fourth-order valence-corrected chi connectivity index (χ4v) is 5.32. The number of hydrogen-bond donors (Lipinski definition) is 1. The number of rotatable bonds is 31. The zero-order valence-corrected chi connectivity index (χ0v) is 46.8. The Hall–Kier alpha value is -0.530. The standard InChI is InChI=1S/C10H20O2.8C6H14/c1-3-5-6-7-8-9(4-2)10(11)12;8*1-3-5-6-4-2/h9H,3-8H2,1-2H3,(H,11,12);8*3-6H2,1-2H3. The zero-order chi connectivity index (χ0) is 48.0. The van der Waals surface area contributed by atoms with Crippen molar-refractivity contribution in [1.82, 2.24) is 0 Å². The summed E-state index contributed by atoms with van der Waals surface area (Å²) in [6.07, 6.45) is 50.6. The van der Waals surface area contributed by atoms with E-state index < -0.39 is 5.97 Å². The van der Waals surface area contributed by atoms with Crippen molar-refractivity contribution in [2.24, 2.45) is 5.92 Å². The quantitative estimate of drug-likeness (QED) is 0.0705. The van der Waals surface area contributed by atoms with Crippen molar-refractivity contribution in [3.63, 3.8) is 0 Å². The van der Waals surface area contributed by atoms with Crippen LogP contribution < -0.4 is 0 Å². The van der Waals surface area contributed by atoms with E-state index in [0.717, 1.165) is 19.3 Å². The van der Waals surface area contributed by atoms with Crippen molar-refractivity contribution in [1.29, 1.82) is 0 Å². The summed E-state index contributed by atoms with van der Waals surface area (Å²) in [7, 11) is 0. The summed E-state index contributed by atoms with van der Waals surface area (Å²) in [5, 5.41) is 8.73. The molecule has 0 bridgehead atoms. The van der Waals surface area contributed by atoms with Crippen LogP contribution in [0.3, 0.4) is 0 Å². The predicted octanol–water partition coefficient (Wildman–Crippen LogP) is 23.8. The molecule has 0 spiro atoms. The Kier molecular flexibility index (Phi) is 136. The maximum absolute atomic E-state index is 10.6. The van der Waals surface area contributed by atoms with Crippen molar-refractivity contribution in [3.05, 3.63) is 0 Å². The van der Waals surface area contributed by atoms with Crippen LogP contribution in [-0.2, 0) is 4.79 Å². The molecule has 0 aliphatic rings. The molecule has 0 saturated carbocycles. The topological polar surface area (TPSA) is 37.3 Å². The highest BCUT2D eigenvalue weighted by Crippen LogP contribution is 2.14. The molecule has 0 amide bonds. The lowest BCUT2D eigenvalue weighted by Gasteiger charge is -2.08. The first-order valence-electron chi connectivity index (χ1n) is 28.3. The van der Waals surface area contributed by atoms with Gasteiger partial charge in [0.05, 0.1) is 5.92 Å². The van der Waals surface area contributed by atoms with Gasteiger partial charge in [-0.25, -0.2) is 0 Å². The van der Waals surface area contributed by atoms with Crippen LogP contribution in [0.15, 0.2) is 0 Å². The second-order valence-corrected chi connectivity index (χ2v) is 16.9. The van der Waals surface area contributed by atoms with Gasteiger partial charge in [-0.2, -0.15) is 0 Å².